The van der Waals surface area contributed by atoms with Crippen LogP contribution in [0.15, 0.2) is 96.0 Å². The Hall–Kier alpha value is -3.62. The van der Waals surface area contributed by atoms with Gasteiger partial charge in [0.25, 0.3) is 0 Å². The number of nitrogens with zero attached hydrogens (tertiary/aromatic N) is 3. The minimum Gasteiger partial charge on any atom is -0.280 e. The molecule has 0 aliphatic rings. The SMILES string of the molecule is N#Cc1cc2ccccc2nc1SCC(=O)N(c1ccccc1)c1ccccc1. The third kappa shape index (κ3) is 4.13. The Morgan fingerprint density at radius 3 is 2.10 bits per heavy atom. The number of hydrogen-bond acceptors (Lipinski definition) is 4. The molecule has 1 amide bonds. The van der Waals surface area contributed by atoms with Gasteiger partial charge in [-0.15, -0.1) is 0 Å². The number of para-hydroxylation sites is 3. The molecular formula is C24H17N3OS. The van der Waals surface area contributed by atoms with Crippen molar-refractivity contribution in [2.24, 2.45) is 0 Å². The number of fused-ring (bicyclic) bond motifs is 1. The highest BCUT2D eigenvalue weighted by molar-refractivity contribution is 8.00. The summed E-state index contributed by atoms with van der Waals surface area (Å²) >= 11 is 1.29. The molecule has 0 atom stereocenters. The molecule has 0 radical (unpaired) electrons. The summed E-state index contributed by atoms with van der Waals surface area (Å²) < 4.78 is 0. The van der Waals surface area contributed by atoms with Crippen LogP contribution in [0.3, 0.4) is 0 Å². The van der Waals surface area contributed by atoms with E-state index < -0.39 is 0 Å². The summed E-state index contributed by atoms with van der Waals surface area (Å²) in [4.78, 5) is 19.5. The molecule has 4 nitrogen and oxygen atoms in total. The molecule has 29 heavy (non-hydrogen) atoms. The Kier molecular flexibility index (Phi) is 5.55. The molecule has 0 saturated heterocycles. The van der Waals surface area contributed by atoms with Crippen LogP contribution in [0.5, 0.6) is 0 Å². The zero-order valence-corrected chi connectivity index (χ0v) is 16.3. The summed E-state index contributed by atoms with van der Waals surface area (Å²) in [6.07, 6.45) is 0. The molecule has 0 spiro atoms. The Balaban J connectivity index is 1.62. The van der Waals surface area contributed by atoms with E-state index in [1.165, 1.54) is 11.8 Å². The van der Waals surface area contributed by atoms with Crippen LogP contribution in [-0.2, 0) is 4.79 Å². The van der Waals surface area contributed by atoms with Crippen LogP contribution in [0.2, 0.25) is 0 Å². The van der Waals surface area contributed by atoms with E-state index in [1.54, 1.807) is 4.90 Å². The summed E-state index contributed by atoms with van der Waals surface area (Å²) in [6.45, 7) is 0. The van der Waals surface area contributed by atoms with Crippen molar-refractivity contribution in [3.05, 3.63) is 96.6 Å². The topological polar surface area (TPSA) is 57.0 Å². The first kappa shape index (κ1) is 18.7. The average molecular weight is 395 g/mol. The number of amides is 1. The van der Waals surface area contributed by atoms with Crippen molar-refractivity contribution in [2.45, 2.75) is 5.03 Å². The summed E-state index contributed by atoms with van der Waals surface area (Å²) in [5, 5.41) is 11.0. The van der Waals surface area contributed by atoms with Gasteiger partial charge >= 0.3 is 0 Å². The Morgan fingerprint density at radius 2 is 1.48 bits per heavy atom. The van der Waals surface area contributed by atoms with Crippen LogP contribution in [-0.4, -0.2) is 16.6 Å². The molecule has 0 aliphatic carbocycles. The molecule has 0 saturated carbocycles. The number of pyridine rings is 1. The summed E-state index contributed by atoms with van der Waals surface area (Å²) in [5.74, 6) is 0.0929. The number of anilines is 2. The molecule has 4 rings (SSSR count). The predicted molar refractivity (Wildman–Crippen MR) is 117 cm³/mol. The minimum absolute atomic E-state index is 0.0775. The monoisotopic (exact) mass is 395 g/mol. The number of thioether (sulfide) groups is 1. The van der Waals surface area contributed by atoms with Gasteiger partial charge in [-0.3, -0.25) is 9.69 Å². The van der Waals surface area contributed by atoms with Gasteiger partial charge < -0.3 is 0 Å². The molecule has 0 aliphatic heterocycles. The first-order valence-corrected chi connectivity index (χ1v) is 10.1. The van der Waals surface area contributed by atoms with Gasteiger partial charge in [-0.2, -0.15) is 5.26 Å². The zero-order valence-electron chi connectivity index (χ0n) is 15.5. The molecule has 1 aromatic heterocycles. The fraction of sp³-hybridized carbons (Fsp3) is 0.0417. The number of hydrogen-bond donors (Lipinski definition) is 0. The molecule has 0 bridgehead atoms. The van der Waals surface area contributed by atoms with E-state index >= 15 is 0 Å². The highest BCUT2D eigenvalue weighted by Crippen LogP contribution is 2.29. The van der Waals surface area contributed by atoms with E-state index in [-0.39, 0.29) is 11.7 Å². The standard InChI is InChI=1S/C24H17N3OS/c25-16-19-15-18-9-7-8-14-22(18)26-24(19)29-17-23(28)27(20-10-3-1-4-11-20)21-12-5-2-6-13-21/h1-15H,17H2. The van der Waals surface area contributed by atoms with Crippen LogP contribution in [0.25, 0.3) is 10.9 Å². The lowest BCUT2D eigenvalue weighted by Crippen LogP contribution is -2.27. The van der Waals surface area contributed by atoms with Crippen molar-refractivity contribution in [1.82, 2.24) is 4.98 Å². The largest absolute Gasteiger partial charge is 0.280 e. The summed E-state index contributed by atoms with van der Waals surface area (Å²) in [7, 11) is 0. The molecule has 1 heterocycles. The maximum atomic E-state index is 13.2. The lowest BCUT2D eigenvalue weighted by atomic mass is 10.2. The Bertz CT molecular complexity index is 1150. The lowest BCUT2D eigenvalue weighted by Gasteiger charge is -2.23. The van der Waals surface area contributed by atoms with Crippen molar-refractivity contribution < 1.29 is 4.79 Å². The smallest absolute Gasteiger partial charge is 0.241 e. The number of rotatable bonds is 5. The lowest BCUT2D eigenvalue weighted by molar-refractivity contribution is -0.115. The van der Waals surface area contributed by atoms with Gasteiger partial charge in [0, 0.05) is 16.8 Å². The highest BCUT2D eigenvalue weighted by Gasteiger charge is 2.19. The number of benzene rings is 3. The molecule has 140 valence electrons. The van der Waals surface area contributed by atoms with Crippen LogP contribution in [0.4, 0.5) is 11.4 Å². The van der Waals surface area contributed by atoms with E-state index in [4.69, 9.17) is 0 Å². The van der Waals surface area contributed by atoms with Gasteiger partial charge in [-0.05, 0) is 36.4 Å². The Morgan fingerprint density at radius 1 is 0.897 bits per heavy atom. The molecular weight excluding hydrogens is 378 g/mol. The van der Waals surface area contributed by atoms with Gasteiger partial charge in [-0.1, -0.05) is 66.4 Å². The number of aromatic nitrogens is 1. The maximum absolute atomic E-state index is 13.2. The van der Waals surface area contributed by atoms with E-state index in [2.05, 4.69) is 11.1 Å². The molecule has 3 aromatic carbocycles. The van der Waals surface area contributed by atoms with Crippen LogP contribution >= 0.6 is 11.8 Å². The Labute approximate surface area is 173 Å². The van der Waals surface area contributed by atoms with Gasteiger partial charge in [0.1, 0.15) is 11.1 Å². The molecule has 0 fully saturated rings. The van der Waals surface area contributed by atoms with Gasteiger partial charge in [0.15, 0.2) is 0 Å². The highest BCUT2D eigenvalue weighted by atomic mass is 32.2. The van der Waals surface area contributed by atoms with Gasteiger partial charge in [-0.25, -0.2) is 4.98 Å². The summed E-state index contributed by atoms with van der Waals surface area (Å²) in [5.41, 5.74) is 2.89. The second kappa shape index (κ2) is 8.59. The van der Waals surface area contributed by atoms with E-state index in [0.29, 0.717) is 10.6 Å². The molecule has 5 heteroatoms. The number of nitriles is 1. The molecule has 4 aromatic rings. The molecule has 0 unspecified atom stereocenters. The third-order valence-corrected chi connectivity index (χ3v) is 5.40. The summed E-state index contributed by atoms with van der Waals surface area (Å²) in [6, 6.07) is 30.8. The van der Waals surface area contributed by atoms with Crippen molar-refractivity contribution in [3.63, 3.8) is 0 Å². The molecule has 0 N–H and O–H groups in total. The second-order valence-corrected chi connectivity index (χ2v) is 7.30. The minimum atomic E-state index is -0.0775. The first-order chi connectivity index (χ1) is 14.3. The van der Waals surface area contributed by atoms with E-state index in [0.717, 1.165) is 22.3 Å². The number of carbonyl (C=O) groups is 1. The fourth-order valence-electron chi connectivity index (χ4n) is 3.07. The van der Waals surface area contributed by atoms with Crippen molar-refractivity contribution in [2.75, 3.05) is 10.7 Å². The van der Waals surface area contributed by atoms with Crippen LogP contribution in [0, 0.1) is 11.3 Å². The number of carbonyl (C=O) groups excluding carboxylic acids is 1. The van der Waals surface area contributed by atoms with E-state index in [9.17, 15) is 10.1 Å². The fourth-order valence-corrected chi connectivity index (χ4v) is 3.89. The zero-order chi connectivity index (χ0) is 20.1. The first-order valence-electron chi connectivity index (χ1n) is 9.12. The van der Waals surface area contributed by atoms with Gasteiger partial charge in [0.2, 0.25) is 5.91 Å². The normalized spacial score (nSPS) is 10.4. The van der Waals surface area contributed by atoms with Crippen LogP contribution in [0.1, 0.15) is 5.56 Å². The maximum Gasteiger partial charge on any atom is 0.241 e. The third-order valence-electron chi connectivity index (χ3n) is 4.42. The quantitative estimate of drug-likeness (QED) is 0.415. The van der Waals surface area contributed by atoms with E-state index in [1.807, 2.05) is 91.0 Å². The average Bonchev–Trinajstić information content (AvgIpc) is 2.78. The van der Waals surface area contributed by atoms with Crippen molar-refractivity contribution >= 4 is 39.9 Å². The van der Waals surface area contributed by atoms with Crippen LogP contribution < -0.4 is 4.90 Å². The van der Waals surface area contributed by atoms with Crippen molar-refractivity contribution in [3.8, 4) is 6.07 Å². The second-order valence-electron chi connectivity index (χ2n) is 6.33. The predicted octanol–water partition coefficient (Wildman–Crippen LogP) is 5.56. The van der Waals surface area contributed by atoms with Crippen molar-refractivity contribution in [1.29, 1.82) is 5.26 Å². The van der Waals surface area contributed by atoms with Gasteiger partial charge in [0.05, 0.1) is 16.8 Å².